The summed E-state index contributed by atoms with van der Waals surface area (Å²) < 4.78 is 5.65. The first-order valence-electron chi connectivity index (χ1n) is 5.92. The molecule has 1 heterocycles. The smallest absolute Gasteiger partial charge is 0.205 e. The van der Waals surface area contributed by atoms with E-state index in [2.05, 4.69) is 18.8 Å². The predicted octanol–water partition coefficient (Wildman–Crippen LogP) is 3.69. The standard InChI is InChI=1S/C13H18N2OS/c1-3-9(2)7-17-8-12-15-13-10(14)5-4-6-11(13)16-12/h4-6,9H,3,7-8,14H2,1-2H3. The van der Waals surface area contributed by atoms with Crippen molar-refractivity contribution in [3.05, 3.63) is 24.1 Å². The molecule has 2 rings (SSSR count). The van der Waals surface area contributed by atoms with Gasteiger partial charge in [-0.1, -0.05) is 26.3 Å². The molecular formula is C13H18N2OS. The van der Waals surface area contributed by atoms with Crippen LogP contribution in [0.3, 0.4) is 0 Å². The Bertz CT molecular complexity index is 495. The summed E-state index contributed by atoms with van der Waals surface area (Å²) in [5.74, 6) is 3.48. The number of nitrogens with two attached hydrogens (primary N) is 1. The van der Waals surface area contributed by atoms with Gasteiger partial charge in [0, 0.05) is 0 Å². The van der Waals surface area contributed by atoms with E-state index in [1.165, 1.54) is 6.42 Å². The van der Waals surface area contributed by atoms with Crippen molar-refractivity contribution in [1.82, 2.24) is 4.98 Å². The highest BCUT2D eigenvalue weighted by molar-refractivity contribution is 7.98. The van der Waals surface area contributed by atoms with E-state index >= 15 is 0 Å². The number of aromatic nitrogens is 1. The molecule has 1 aromatic carbocycles. The minimum atomic E-state index is 0.685. The third kappa shape index (κ3) is 2.94. The van der Waals surface area contributed by atoms with E-state index in [4.69, 9.17) is 10.2 Å². The summed E-state index contributed by atoms with van der Waals surface area (Å²) in [7, 11) is 0. The quantitative estimate of drug-likeness (QED) is 0.822. The number of oxazole rings is 1. The molecule has 0 saturated heterocycles. The second-order valence-corrected chi connectivity index (χ2v) is 5.36. The molecule has 0 bridgehead atoms. The Hall–Kier alpha value is -1.16. The van der Waals surface area contributed by atoms with E-state index in [0.717, 1.165) is 34.4 Å². The first-order valence-corrected chi connectivity index (χ1v) is 7.07. The summed E-state index contributed by atoms with van der Waals surface area (Å²) in [6.45, 7) is 4.47. The average Bonchev–Trinajstić information content (AvgIpc) is 2.73. The second kappa shape index (κ2) is 5.45. The highest BCUT2D eigenvalue weighted by Gasteiger charge is 2.08. The molecule has 0 aliphatic heterocycles. The maximum atomic E-state index is 5.84. The lowest BCUT2D eigenvalue weighted by molar-refractivity contribution is 0.555. The van der Waals surface area contributed by atoms with Gasteiger partial charge in [-0.15, -0.1) is 0 Å². The van der Waals surface area contributed by atoms with Crippen LogP contribution in [-0.4, -0.2) is 10.7 Å². The molecule has 1 aromatic heterocycles. The fraction of sp³-hybridized carbons (Fsp3) is 0.462. The third-order valence-electron chi connectivity index (χ3n) is 2.82. The minimum Gasteiger partial charge on any atom is -0.440 e. The zero-order valence-corrected chi connectivity index (χ0v) is 11.1. The zero-order chi connectivity index (χ0) is 12.3. The molecular weight excluding hydrogens is 232 g/mol. The van der Waals surface area contributed by atoms with Gasteiger partial charge in [-0.3, -0.25) is 0 Å². The van der Waals surface area contributed by atoms with Crippen LogP contribution < -0.4 is 5.73 Å². The van der Waals surface area contributed by atoms with E-state index in [1.807, 2.05) is 30.0 Å². The van der Waals surface area contributed by atoms with Crippen LogP contribution in [-0.2, 0) is 5.75 Å². The van der Waals surface area contributed by atoms with Crippen molar-refractivity contribution in [2.45, 2.75) is 26.0 Å². The maximum Gasteiger partial charge on any atom is 0.205 e. The van der Waals surface area contributed by atoms with Crippen molar-refractivity contribution in [2.75, 3.05) is 11.5 Å². The topological polar surface area (TPSA) is 52.0 Å². The van der Waals surface area contributed by atoms with Gasteiger partial charge in [-0.05, 0) is 23.8 Å². The summed E-state index contributed by atoms with van der Waals surface area (Å²) in [5.41, 5.74) is 8.09. The van der Waals surface area contributed by atoms with Crippen molar-refractivity contribution in [2.24, 2.45) is 5.92 Å². The Kier molecular flexibility index (Phi) is 3.94. The van der Waals surface area contributed by atoms with Gasteiger partial charge < -0.3 is 10.2 Å². The summed E-state index contributed by atoms with van der Waals surface area (Å²) in [6.07, 6.45) is 1.22. The Balaban J connectivity index is 2.02. The lowest BCUT2D eigenvalue weighted by atomic mass is 10.2. The molecule has 3 nitrogen and oxygen atoms in total. The first kappa shape index (κ1) is 12.3. The Morgan fingerprint density at radius 3 is 3.00 bits per heavy atom. The molecule has 0 amide bonds. The largest absolute Gasteiger partial charge is 0.440 e. The molecule has 0 fully saturated rings. The molecule has 0 radical (unpaired) electrons. The number of para-hydroxylation sites is 1. The fourth-order valence-electron chi connectivity index (χ4n) is 1.54. The molecule has 92 valence electrons. The lowest BCUT2D eigenvalue weighted by Gasteiger charge is -2.05. The van der Waals surface area contributed by atoms with E-state index in [1.54, 1.807) is 0 Å². The number of benzene rings is 1. The number of nitrogen functional groups attached to an aromatic ring is 1. The van der Waals surface area contributed by atoms with Crippen molar-refractivity contribution >= 4 is 28.5 Å². The molecule has 0 saturated carbocycles. The summed E-state index contributed by atoms with van der Waals surface area (Å²) in [5, 5.41) is 0. The monoisotopic (exact) mass is 250 g/mol. The number of rotatable bonds is 5. The number of hydrogen-bond acceptors (Lipinski definition) is 4. The predicted molar refractivity (Wildman–Crippen MR) is 74.0 cm³/mol. The molecule has 0 aliphatic rings. The Morgan fingerprint density at radius 2 is 2.29 bits per heavy atom. The van der Waals surface area contributed by atoms with Gasteiger partial charge in [0.1, 0.15) is 5.52 Å². The van der Waals surface area contributed by atoms with Crippen molar-refractivity contribution < 1.29 is 4.42 Å². The number of hydrogen-bond donors (Lipinski definition) is 1. The van der Waals surface area contributed by atoms with E-state index in [9.17, 15) is 0 Å². The molecule has 0 spiro atoms. The number of thioether (sulfide) groups is 1. The van der Waals surface area contributed by atoms with Crippen LogP contribution in [0.5, 0.6) is 0 Å². The van der Waals surface area contributed by atoms with Crippen molar-refractivity contribution in [1.29, 1.82) is 0 Å². The summed E-state index contributed by atoms with van der Waals surface area (Å²) in [6, 6.07) is 5.64. The van der Waals surface area contributed by atoms with Crippen LogP contribution in [0.2, 0.25) is 0 Å². The van der Waals surface area contributed by atoms with E-state index in [0.29, 0.717) is 5.69 Å². The molecule has 4 heteroatoms. The van der Waals surface area contributed by atoms with Crippen LogP contribution in [0.4, 0.5) is 5.69 Å². The normalized spacial score (nSPS) is 13.1. The fourth-order valence-corrected chi connectivity index (χ4v) is 2.60. The molecule has 1 atom stereocenters. The van der Waals surface area contributed by atoms with Gasteiger partial charge in [0.25, 0.3) is 0 Å². The van der Waals surface area contributed by atoms with Crippen LogP contribution in [0.15, 0.2) is 22.6 Å². The number of anilines is 1. The Labute approximate surface area is 106 Å². The molecule has 1 unspecified atom stereocenters. The zero-order valence-electron chi connectivity index (χ0n) is 10.3. The Morgan fingerprint density at radius 1 is 1.47 bits per heavy atom. The van der Waals surface area contributed by atoms with E-state index < -0.39 is 0 Å². The average molecular weight is 250 g/mol. The van der Waals surface area contributed by atoms with Crippen LogP contribution in [0.1, 0.15) is 26.2 Å². The SMILES string of the molecule is CCC(C)CSCc1nc2c(N)cccc2o1. The van der Waals surface area contributed by atoms with Gasteiger partial charge in [0.05, 0.1) is 11.4 Å². The molecule has 0 aliphatic carbocycles. The maximum absolute atomic E-state index is 5.84. The number of nitrogens with zero attached hydrogens (tertiary/aromatic N) is 1. The van der Waals surface area contributed by atoms with Crippen molar-refractivity contribution in [3.8, 4) is 0 Å². The second-order valence-electron chi connectivity index (χ2n) is 4.33. The molecule has 17 heavy (non-hydrogen) atoms. The van der Waals surface area contributed by atoms with Crippen LogP contribution in [0.25, 0.3) is 11.1 Å². The molecule has 2 N–H and O–H groups in total. The highest BCUT2D eigenvalue weighted by atomic mass is 32.2. The molecule has 2 aromatic rings. The van der Waals surface area contributed by atoms with Gasteiger partial charge in [-0.2, -0.15) is 11.8 Å². The van der Waals surface area contributed by atoms with Crippen molar-refractivity contribution in [3.63, 3.8) is 0 Å². The van der Waals surface area contributed by atoms with Gasteiger partial charge in [0.15, 0.2) is 5.58 Å². The first-order chi connectivity index (χ1) is 8.20. The third-order valence-corrected chi connectivity index (χ3v) is 4.08. The number of fused-ring (bicyclic) bond motifs is 1. The minimum absolute atomic E-state index is 0.685. The lowest BCUT2D eigenvalue weighted by Crippen LogP contribution is -1.95. The van der Waals surface area contributed by atoms with Gasteiger partial charge in [-0.25, -0.2) is 4.98 Å². The van der Waals surface area contributed by atoms with Crippen LogP contribution in [0, 0.1) is 5.92 Å². The van der Waals surface area contributed by atoms with Crippen LogP contribution >= 0.6 is 11.8 Å². The van der Waals surface area contributed by atoms with E-state index in [-0.39, 0.29) is 0 Å². The van der Waals surface area contributed by atoms with Gasteiger partial charge in [0.2, 0.25) is 5.89 Å². The van der Waals surface area contributed by atoms with Gasteiger partial charge >= 0.3 is 0 Å². The highest BCUT2D eigenvalue weighted by Crippen LogP contribution is 2.24. The summed E-state index contributed by atoms with van der Waals surface area (Å²) in [4.78, 5) is 4.42. The summed E-state index contributed by atoms with van der Waals surface area (Å²) >= 11 is 1.86.